The molecule has 3 aliphatic rings. The number of anilines is 1. The van der Waals surface area contributed by atoms with Gasteiger partial charge < -0.3 is 19.6 Å². The molecule has 2 amide bonds. The standard InChI is InChI=1S/C30H40N2O5S/c1-7-14-31(21-16-18(4)10-11-20(21)6)28(35)26-30-13-12-23(38-30)24(29(36)37-15-8-2)25(30)27(34)32(26)22(17-33)19(5)9-3/h7-8,10-11,16,19,22-26,33H,1-2,9,12-15,17H2,3-6H3/t19-,22-,23+,24-,25-,26?,30?/m0/s1. The van der Waals surface area contributed by atoms with Crippen LogP contribution in [0.3, 0.4) is 0 Å². The summed E-state index contributed by atoms with van der Waals surface area (Å²) >= 11 is 1.60. The zero-order valence-corrected chi connectivity index (χ0v) is 23.7. The van der Waals surface area contributed by atoms with Gasteiger partial charge in [-0.05, 0) is 49.8 Å². The first kappa shape index (κ1) is 28.4. The second kappa shape index (κ2) is 11.3. The molecule has 3 fully saturated rings. The molecule has 2 unspecified atom stereocenters. The quantitative estimate of drug-likeness (QED) is 0.337. The van der Waals surface area contributed by atoms with Crippen molar-refractivity contribution < 1.29 is 24.2 Å². The molecule has 38 heavy (non-hydrogen) atoms. The molecule has 3 aliphatic heterocycles. The Labute approximate surface area is 230 Å². The van der Waals surface area contributed by atoms with Crippen LogP contribution in [0.15, 0.2) is 43.5 Å². The normalized spacial score (nSPS) is 29.1. The third-order valence-corrected chi connectivity index (χ3v) is 10.6. The van der Waals surface area contributed by atoms with E-state index in [9.17, 15) is 19.5 Å². The van der Waals surface area contributed by atoms with Crippen molar-refractivity contribution in [2.75, 3.05) is 24.7 Å². The number of amides is 2. The van der Waals surface area contributed by atoms with Crippen molar-refractivity contribution >= 4 is 35.2 Å². The van der Waals surface area contributed by atoms with Crippen LogP contribution >= 0.6 is 11.8 Å². The Morgan fingerprint density at radius 1 is 1.32 bits per heavy atom. The number of carbonyl (C=O) groups excluding carboxylic acids is 3. The summed E-state index contributed by atoms with van der Waals surface area (Å²) in [6.45, 7) is 15.6. The number of rotatable bonds is 11. The number of carbonyl (C=O) groups is 3. The highest BCUT2D eigenvalue weighted by molar-refractivity contribution is 8.02. The fraction of sp³-hybridized carbons (Fsp3) is 0.567. The van der Waals surface area contributed by atoms with Gasteiger partial charge in [0.25, 0.3) is 5.91 Å². The summed E-state index contributed by atoms with van der Waals surface area (Å²) < 4.78 is 4.70. The summed E-state index contributed by atoms with van der Waals surface area (Å²) in [5.41, 5.74) is 2.76. The molecule has 7 nitrogen and oxygen atoms in total. The Balaban J connectivity index is 1.85. The van der Waals surface area contributed by atoms with Crippen LogP contribution in [0.4, 0.5) is 5.69 Å². The number of likely N-dealkylation sites (tertiary alicyclic amines) is 1. The zero-order valence-electron chi connectivity index (χ0n) is 22.9. The van der Waals surface area contributed by atoms with Crippen molar-refractivity contribution in [2.45, 2.75) is 69.0 Å². The van der Waals surface area contributed by atoms with E-state index in [0.717, 1.165) is 29.7 Å². The van der Waals surface area contributed by atoms with Crippen LogP contribution in [0.25, 0.3) is 0 Å². The molecule has 0 aromatic heterocycles. The number of benzene rings is 1. The number of ether oxygens (including phenoxy) is 1. The molecule has 7 atom stereocenters. The first-order valence-corrected chi connectivity index (χ1v) is 14.4. The lowest BCUT2D eigenvalue weighted by atomic mass is 9.71. The van der Waals surface area contributed by atoms with Gasteiger partial charge in [0, 0.05) is 17.5 Å². The minimum Gasteiger partial charge on any atom is -0.461 e. The molecular weight excluding hydrogens is 500 g/mol. The molecule has 4 rings (SSSR count). The molecule has 0 saturated carbocycles. The smallest absolute Gasteiger partial charge is 0.311 e. The van der Waals surface area contributed by atoms with Crippen LogP contribution in [0, 0.1) is 31.6 Å². The van der Waals surface area contributed by atoms with E-state index in [4.69, 9.17) is 4.74 Å². The molecular formula is C30H40N2O5S. The minimum absolute atomic E-state index is 0.0311. The second-order valence-electron chi connectivity index (χ2n) is 10.9. The van der Waals surface area contributed by atoms with E-state index in [2.05, 4.69) is 13.2 Å². The molecule has 1 aromatic rings. The third-order valence-electron chi connectivity index (χ3n) is 8.67. The Morgan fingerprint density at radius 2 is 2.05 bits per heavy atom. The largest absolute Gasteiger partial charge is 0.461 e. The van der Waals surface area contributed by atoms with Gasteiger partial charge in [-0.3, -0.25) is 14.4 Å². The summed E-state index contributed by atoms with van der Waals surface area (Å²) in [5, 5.41) is 10.4. The number of hydrogen-bond acceptors (Lipinski definition) is 6. The summed E-state index contributed by atoms with van der Waals surface area (Å²) in [6, 6.07) is 4.64. The first-order valence-electron chi connectivity index (χ1n) is 13.5. The molecule has 8 heteroatoms. The lowest BCUT2D eigenvalue weighted by Gasteiger charge is -2.41. The monoisotopic (exact) mass is 540 g/mol. The number of aliphatic hydroxyl groups excluding tert-OH is 1. The van der Waals surface area contributed by atoms with E-state index in [0.29, 0.717) is 6.42 Å². The van der Waals surface area contributed by atoms with Crippen LogP contribution < -0.4 is 4.90 Å². The van der Waals surface area contributed by atoms with E-state index < -0.39 is 34.6 Å². The lowest BCUT2D eigenvalue weighted by Crippen LogP contribution is -2.58. The lowest BCUT2D eigenvalue weighted by molar-refractivity contribution is -0.153. The average Bonchev–Trinajstić information content (AvgIpc) is 3.55. The molecule has 0 radical (unpaired) electrons. The van der Waals surface area contributed by atoms with Gasteiger partial charge in [-0.2, -0.15) is 0 Å². The maximum absolute atomic E-state index is 14.7. The molecule has 1 N–H and O–H groups in total. The van der Waals surface area contributed by atoms with Gasteiger partial charge >= 0.3 is 5.97 Å². The highest BCUT2D eigenvalue weighted by Crippen LogP contribution is 2.67. The number of aryl methyl sites for hydroxylation is 2. The molecule has 1 aromatic carbocycles. The highest BCUT2D eigenvalue weighted by Gasteiger charge is 2.75. The van der Waals surface area contributed by atoms with Gasteiger partial charge in [-0.15, -0.1) is 18.3 Å². The summed E-state index contributed by atoms with van der Waals surface area (Å²) in [5.74, 6) is -2.14. The van der Waals surface area contributed by atoms with E-state index in [1.54, 1.807) is 27.6 Å². The molecule has 1 spiro atoms. The van der Waals surface area contributed by atoms with Crippen molar-refractivity contribution in [3.8, 4) is 0 Å². The zero-order chi connectivity index (χ0) is 27.8. The van der Waals surface area contributed by atoms with E-state index in [1.807, 2.05) is 45.9 Å². The molecule has 3 saturated heterocycles. The first-order chi connectivity index (χ1) is 18.2. The predicted octanol–water partition coefficient (Wildman–Crippen LogP) is 4.05. The van der Waals surface area contributed by atoms with E-state index >= 15 is 0 Å². The fourth-order valence-corrected chi connectivity index (χ4v) is 8.83. The van der Waals surface area contributed by atoms with Crippen molar-refractivity contribution in [3.63, 3.8) is 0 Å². The van der Waals surface area contributed by atoms with Crippen LogP contribution in [0.1, 0.15) is 44.2 Å². The van der Waals surface area contributed by atoms with Gasteiger partial charge in [0.05, 0.1) is 29.2 Å². The van der Waals surface area contributed by atoms with Gasteiger partial charge in [0.1, 0.15) is 12.6 Å². The summed E-state index contributed by atoms with van der Waals surface area (Å²) in [7, 11) is 0. The van der Waals surface area contributed by atoms with Gasteiger partial charge in [-0.25, -0.2) is 0 Å². The number of fused-ring (bicyclic) bond motifs is 1. The van der Waals surface area contributed by atoms with Crippen LogP contribution in [-0.4, -0.2) is 69.6 Å². The van der Waals surface area contributed by atoms with Crippen LogP contribution in [0.2, 0.25) is 0 Å². The van der Waals surface area contributed by atoms with Gasteiger partial charge in [0.2, 0.25) is 5.91 Å². The van der Waals surface area contributed by atoms with Crippen molar-refractivity contribution in [1.82, 2.24) is 4.90 Å². The topological polar surface area (TPSA) is 87.1 Å². The number of esters is 1. The summed E-state index contributed by atoms with van der Waals surface area (Å²) in [6.07, 6.45) is 5.35. The highest BCUT2D eigenvalue weighted by atomic mass is 32.2. The van der Waals surface area contributed by atoms with Crippen LogP contribution in [0.5, 0.6) is 0 Å². The molecule has 3 heterocycles. The second-order valence-corrected chi connectivity index (χ2v) is 12.5. The maximum Gasteiger partial charge on any atom is 0.311 e. The van der Waals surface area contributed by atoms with Crippen molar-refractivity contribution in [3.05, 3.63) is 54.6 Å². The van der Waals surface area contributed by atoms with E-state index in [1.165, 1.54) is 6.08 Å². The molecule has 206 valence electrons. The molecule has 2 bridgehead atoms. The number of aliphatic hydroxyl groups is 1. The SMILES string of the molecule is C=CCOC(=O)[C@@H]1[C@H]2C(=O)N([C@@H](CO)[C@@H](C)CC)C(C(=O)N(CC=C)c3cc(C)ccc3C)C23CC[C@H]1S3. The van der Waals surface area contributed by atoms with Crippen molar-refractivity contribution in [1.29, 1.82) is 0 Å². The maximum atomic E-state index is 14.7. The summed E-state index contributed by atoms with van der Waals surface area (Å²) in [4.78, 5) is 45.6. The number of nitrogens with zero attached hydrogens (tertiary/aromatic N) is 2. The Kier molecular flexibility index (Phi) is 8.43. The number of hydrogen-bond donors (Lipinski definition) is 1. The number of thioether (sulfide) groups is 1. The van der Waals surface area contributed by atoms with Gasteiger partial charge in [-0.1, -0.05) is 51.1 Å². The minimum atomic E-state index is -0.807. The van der Waals surface area contributed by atoms with Crippen LogP contribution in [-0.2, 0) is 19.1 Å². The fourth-order valence-electron chi connectivity index (χ4n) is 6.64. The Morgan fingerprint density at radius 3 is 2.68 bits per heavy atom. The Bertz CT molecular complexity index is 1120. The van der Waals surface area contributed by atoms with Crippen molar-refractivity contribution in [2.24, 2.45) is 17.8 Å². The van der Waals surface area contributed by atoms with Gasteiger partial charge in [0.15, 0.2) is 0 Å². The Hall–Kier alpha value is -2.58. The molecule has 0 aliphatic carbocycles. The average molecular weight is 541 g/mol. The van der Waals surface area contributed by atoms with E-state index in [-0.39, 0.29) is 42.7 Å². The predicted molar refractivity (Wildman–Crippen MR) is 151 cm³/mol. The third kappa shape index (κ3) is 4.49.